The summed E-state index contributed by atoms with van der Waals surface area (Å²) in [5, 5.41) is 10.2. The highest BCUT2D eigenvalue weighted by molar-refractivity contribution is 7.21. The molecule has 1 aliphatic carbocycles. The van der Waals surface area contributed by atoms with Gasteiger partial charge >= 0.3 is 5.97 Å². The number of carbonyl (C=O) groups excluding carboxylic acids is 1. The lowest BCUT2D eigenvalue weighted by molar-refractivity contribution is -0.145. The van der Waals surface area contributed by atoms with Crippen molar-refractivity contribution < 1.29 is 19.4 Å². The van der Waals surface area contributed by atoms with Crippen LogP contribution >= 0.6 is 11.3 Å². The zero-order valence-electron chi connectivity index (χ0n) is 15.2. The quantitative estimate of drug-likeness (QED) is 0.804. The first kappa shape index (κ1) is 18.7. The van der Waals surface area contributed by atoms with Crippen LogP contribution in [0, 0.1) is 0 Å². The van der Waals surface area contributed by atoms with Crippen molar-refractivity contribution in [1.82, 2.24) is 4.90 Å². The molecule has 1 saturated carbocycles. The number of aliphatic carboxylic acids is 1. The van der Waals surface area contributed by atoms with E-state index in [0.29, 0.717) is 17.0 Å². The van der Waals surface area contributed by atoms with Crippen LogP contribution in [0.1, 0.15) is 55.1 Å². The Morgan fingerprint density at radius 2 is 1.96 bits per heavy atom. The van der Waals surface area contributed by atoms with E-state index in [4.69, 9.17) is 4.74 Å². The van der Waals surface area contributed by atoms with E-state index in [0.717, 1.165) is 35.8 Å². The molecule has 3 rings (SSSR count). The highest BCUT2D eigenvalue weighted by Crippen LogP contribution is 2.40. The SMILES string of the molecule is CCC(Oc1c(C(=O)N(C)C2CCCCC2)sc2ccccc12)C(=O)O. The molecular weight excluding hydrogens is 350 g/mol. The maximum Gasteiger partial charge on any atom is 0.344 e. The molecule has 26 heavy (non-hydrogen) atoms. The van der Waals surface area contributed by atoms with Gasteiger partial charge in [-0.2, -0.15) is 0 Å². The van der Waals surface area contributed by atoms with Gasteiger partial charge in [-0.15, -0.1) is 11.3 Å². The van der Waals surface area contributed by atoms with E-state index in [9.17, 15) is 14.7 Å². The van der Waals surface area contributed by atoms with Crippen molar-refractivity contribution in [3.8, 4) is 5.75 Å². The summed E-state index contributed by atoms with van der Waals surface area (Å²) in [4.78, 5) is 26.9. The van der Waals surface area contributed by atoms with E-state index in [1.54, 1.807) is 6.92 Å². The Bertz CT molecular complexity index is 794. The van der Waals surface area contributed by atoms with Gasteiger partial charge in [0.05, 0.1) is 0 Å². The number of hydrogen-bond donors (Lipinski definition) is 1. The number of hydrogen-bond acceptors (Lipinski definition) is 4. The van der Waals surface area contributed by atoms with Crippen molar-refractivity contribution in [3.63, 3.8) is 0 Å². The second-order valence-electron chi connectivity index (χ2n) is 6.82. The predicted octanol–water partition coefficient (Wildman–Crippen LogP) is 4.55. The van der Waals surface area contributed by atoms with Crippen LogP contribution in [0.3, 0.4) is 0 Å². The van der Waals surface area contributed by atoms with Gasteiger partial charge in [-0.25, -0.2) is 4.79 Å². The molecule has 1 unspecified atom stereocenters. The maximum absolute atomic E-state index is 13.2. The monoisotopic (exact) mass is 375 g/mol. The first-order valence-corrected chi connectivity index (χ1v) is 10.0. The number of amides is 1. The fourth-order valence-corrected chi connectivity index (χ4v) is 4.64. The number of thiophene rings is 1. The van der Waals surface area contributed by atoms with Gasteiger partial charge in [0.2, 0.25) is 0 Å². The third-order valence-corrected chi connectivity index (χ3v) is 6.23. The van der Waals surface area contributed by atoms with Crippen LogP contribution in [0.5, 0.6) is 5.75 Å². The van der Waals surface area contributed by atoms with Crippen LogP contribution in [-0.2, 0) is 4.79 Å². The van der Waals surface area contributed by atoms with Crippen molar-refractivity contribution in [1.29, 1.82) is 0 Å². The molecule has 1 aliphatic rings. The minimum atomic E-state index is -1.01. The zero-order chi connectivity index (χ0) is 18.7. The fourth-order valence-electron chi connectivity index (χ4n) is 3.52. The molecule has 0 spiro atoms. The average Bonchev–Trinajstić information content (AvgIpc) is 3.03. The number of rotatable bonds is 6. The minimum absolute atomic E-state index is 0.0756. The summed E-state index contributed by atoms with van der Waals surface area (Å²) in [6.45, 7) is 1.77. The number of benzene rings is 1. The smallest absolute Gasteiger partial charge is 0.344 e. The van der Waals surface area contributed by atoms with Crippen LogP contribution in [0.15, 0.2) is 24.3 Å². The molecule has 2 aromatic rings. The van der Waals surface area contributed by atoms with Crippen molar-refractivity contribution >= 4 is 33.3 Å². The summed E-state index contributed by atoms with van der Waals surface area (Å²) in [5.74, 6) is -0.678. The van der Waals surface area contributed by atoms with E-state index in [-0.39, 0.29) is 11.9 Å². The summed E-state index contributed by atoms with van der Waals surface area (Å²) in [6.07, 6.45) is 4.95. The Morgan fingerprint density at radius 3 is 2.62 bits per heavy atom. The summed E-state index contributed by atoms with van der Waals surface area (Å²) in [5.41, 5.74) is 0. The first-order chi connectivity index (χ1) is 12.5. The molecular formula is C20H25NO4S. The summed E-state index contributed by atoms with van der Waals surface area (Å²) in [7, 11) is 1.85. The Kier molecular flexibility index (Phi) is 5.81. The van der Waals surface area contributed by atoms with Crippen molar-refractivity contribution in [2.75, 3.05) is 7.05 Å². The molecule has 0 saturated heterocycles. The lowest BCUT2D eigenvalue weighted by atomic mass is 9.94. The molecule has 1 aromatic heterocycles. The van der Waals surface area contributed by atoms with Gasteiger partial charge in [0, 0.05) is 23.2 Å². The summed E-state index contributed by atoms with van der Waals surface area (Å²) >= 11 is 1.38. The highest BCUT2D eigenvalue weighted by Gasteiger charge is 2.29. The van der Waals surface area contributed by atoms with Gasteiger partial charge in [0.25, 0.3) is 5.91 Å². The number of carboxylic acids is 1. The Hall–Kier alpha value is -2.08. The van der Waals surface area contributed by atoms with E-state index in [2.05, 4.69) is 0 Å². The molecule has 1 atom stereocenters. The van der Waals surface area contributed by atoms with Crippen molar-refractivity contribution in [2.45, 2.75) is 57.6 Å². The molecule has 0 aliphatic heterocycles. The van der Waals surface area contributed by atoms with Gasteiger partial charge in [-0.3, -0.25) is 4.79 Å². The predicted molar refractivity (Wildman–Crippen MR) is 103 cm³/mol. The molecule has 0 bridgehead atoms. The Labute approximate surface area is 157 Å². The van der Waals surface area contributed by atoms with Crippen LogP contribution in [0.25, 0.3) is 10.1 Å². The standard InChI is InChI=1S/C20H25NO4S/c1-3-15(20(23)24)25-17-14-11-7-8-12-16(14)26-18(17)19(22)21(2)13-9-5-4-6-10-13/h7-8,11-13,15H,3-6,9-10H2,1-2H3,(H,23,24). The van der Waals surface area contributed by atoms with Gasteiger partial charge in [-0.1, -0.05) is 38.3 Å². The molecule has 1 amide bonds. The molecule has 0 radical (unpaired) electrons. The number of nitrogens with zero attached hydrogens (tertiary/aromatic N) is 1. The Balaban J connectivity index is 1.97. The number of carboxylic acid groups (broad SMARTS) is 1. The van der Waals surface area contributed by atoms with E-state index in [1.807, 2.05) is 36.2 Å². The van der Waals surface area contributed by atoms with Gasteiger partial charge in [0.1, 0.15) is 4.88 Å². The fraction of sp³-hybridized carbons (Fsp3) is 0.500. The molecule has 1 heterocycles. The molecule has 1 fully saturated rings. The number of ether oxygens (including phenoxy) is 1. The van der Waals surface area contributed by atoms with E-state index >= 15 is 0 Å². The third kappa shape index (κ3) is 3.70. The van der Waals surface area contributed by atoms with Crippen molar-refractivity contribution in [2.24, 2.45) is 0 Å². The maximum atomic E-state index is 13.2. The summed E-state index contributed by atoms with van der Waals surface area (Å²) in [6, 6.07) is 7.86. The largest absolute Gasteiger partial charge is 0.479 e. The van der Waals surface area contributed by atoms with Crippen LogP contribution < -0.4 is 4.74 Å². The highest BCUT2D eigenvalue weighted by atomic mass is 32.1. The van der Waals surface area contributed by atoms with Gasteiger partial charge in [-0.05, 0) is 31.4 Å². The molecule has 140 valence electrons. The molecule has 1 N–H and O–H groups in total. The van der Waals surface area contributed by atoms with Crippen LogP contribution in [0.2, 0.25) is 0 Å². The third-order valence-electron chi connectivity index (χ3n) is 5.09. The normalized spacial score (nSPS) is 16.4. The topological polar surface area (TPSA) is 66.8 Å². The number of fused-ring (bicyclic) bond motifs is 1. The lowest BCUT2D eigenvalue weighted by Crippen LogP contribution is -2.38. The molecule has 6 heteroatoms. The van der Waals surface area contributed by atoms with E-state index in [1.165, 1.54) is 17.8 Å². The second kappa shape index (κ2) is 8.08. The van der Waals surface area contributed by atoms with Gasteiger partial charge in [0.15, 0.2) is 11.9 Å². The minimum Gasteiger partial charge on any atom is -0.479 e. The average molecular weight is 375 g/mol. The molecule has 1 aromatic carbocycles. The Morgan fingerprint density at radius 1 is 1.27 bits per heavy atom. The molecule has 5 nitrogen and oxygen atoms in total. The second-order valence-corrected chi connectivity index (χ2v) is 7.87. The van der Waals surface area contributed by atoms with Crippen LogP contribution in [0.4, 0.5) is 0 Å². The summed E-state index contributed by atoms with van der Waals surface area (Å²) < 4.78 is 6.76. The van der Waals surface area contributed by atoms with Crippen molar-refractivity contribution in [3.05, 3.63) is 29.1 Å². The van der Waals surface area contributed by atoms with E-state index < -0.39 is 12.1 Å². The lowest BCUT2D eigenvalue weighted by Gasteiger charge is -2.31. The first-order valence-electron chi connectivity index (χ1n) is 9.21. The zero-order valence-corrected chi connectivity index (χ0v) is 16.1. The number of carbonyl (C=O) groups is 2. The van der Waals surface area contributed by atoms with Crippen LogP contribution in [-0.4, -0.2) is 41.1 Å². The van der Waals surface area contributed by atoms with Gasteiger partial charge < -0.3 is 14.7 Å².